The van der Waals surface area contributed by atoms with Crippen LogP contribution in [0.15, 0.2) is 36.5 Å². The molecule has 178 valence electrons. The molecule has 33 heavy (non-hydrogen) atoms. The number of anilines is 1. The van der Waals surface area contributed by atoms with Crippen molar-refractivity contribution < 1.29 is 24.5 Å². The first-order valence-electron chi connectivity index (χ1n) is 11.1. The minimum atomic E-state index is -0.909. The van der Waals surface area contributed by atoms with Gasteiger partial charge in [0.05, 0.1) is 25.3 Å². The number of hydrogen-bond acceptors (Lipinski definition) is 7. The van der Waals surface area contributed by atoms with Crippen molar-refractivity contribution in [2.24, 2.45) is 0 Å². The van der Waals surface area contributed by atoms with E-state index in [0.29, 0.717) is 37.6 Å². The average Bonchev–Trinajstić information content (AvgIpc) is 3.20. The summed E-state index contributed by atoms with van der Waals surface area (Å²) in [6.07, 6.45) is 3.42. The van der Waals surface area contributed by atoms with Gasteiger partial charge in [-0.25, -0.2) is 14.8 Å². The number of carbonyl (C=O) groups excluding carboxylic acids is 1. The molecule has 0 aliphatic carbocycles. The molecule has 2 aliphatic rings. The van der Waals surface area contributed by atoms with Crippen molar-refractivity contribution in [2.75, 3.05) is 45.2 Å². The van der Waals surface area contributed by atoms with Crippen LogP contribution in [0.2, 0.25) is 0 Å². The zero-order valence-electron chi connectivity index (χ0n) is 18.8. The molecule has 10 nitrogen and oxygen atoms in total. The van der Waals surface area contributed by atoms with Gasteiger partial charge in [-0.2, -0.15) is 0 Å². The van der Waals surface area contributed by atoms with Crippen LogP contribution in [0.4, 0.5) is 10.6 Å². The fourth-order valence-electron chi connectivity index (χ4n) is 3.70. The van der Waals surface area contributed by atoms with E-state index in [1.807, 2.05) is 24.3 Å². The molecule has 4 heterocycles. The number of aliphatic carboxylic acids is 1. The molecule has 2 aliphatic heterocycles. The van der Waals surface area contributed by atoms with Crippen molar-refractivity contribution in [2.45, 2.75) is 31.8 Å². The maximum Gasteiger partial charge on any atom is 0.320 e. The summed E-state index contributed by atoms with van der Waals surface area (Å²) in [6.45, 7) is 2.64. The normalized spacial score (nSPS) is 15.8. The minimum Gasteiger partial charge on any atom is -0.481 e. The fraction of sp³-hybridized carbons (Fsp3) is 0.478. The number of carboxylic acid groups (broad SMARTS) is 1. The number of urea groups is 1. The van der Waals surface area contributed by atoms with Gasteiger partial charge in [0, 0.05) is 45.0 Å². The van der Waals surface area contributed by atoms with Crippen molar-refractivity contribution in [1.82, 2.24) is 19.8 Å². The molecule has 2 aromatic rings. The maximum absolute atomic E-state index is 12.2. The number of nitrogens with one attached hydrogen (secondary N) is 1. The second-order valence-electron chi connectivity index (χ2n) is 7.85. The van der Waals surface area contributed by atoms with Gasteiger partial charge >= 0.3 is 12.0 Å². The summed E-state index contributed by atoms with van der Waals surface area (Å²) in [7, 11) is 1.60. The van der Waals surface area contributed by atoms with Gasteiger partial charge in [-0.05, 0) is 37.0 Å². The molecule has 0 bridgehead atoms. The number of carbonyl (C=O) groups is 2. The third-order valence-electron chi connectivity index (χ3n) is 5.55. The quantitative estimate of drug-likeness (QED) is 0.550. The van der Waals surface area contributed by atoms with Crippen molar-refractivity contribution >= 4 is 17.8 Å². The third kappa shape index (κ3) is 7.04. The molecule has 0 saturated carbocycles. The Morgan fingerprint density at radius 2 is 2.00 bits per heavy atom. The van der Waals surface area contributed by atoms with Crippen LogP contribution in [0.5, 0.6) is 5.88 Å². The van der Waals surface area contributed by atoms with Crippen molar-refractivity contribution in [3.05, 3.63) is 47.8 Å². The molecule has 0 radical (unpaired) electrons. The Balaban J connectivity index is 0.000000323. The van der Waals surface area contributed by atoms with E-state index in [-0.39, 0.29) is 19.0 Å². The summed E-state index contributed by atoms with van der Waals surface area (Å²) >= 11 is 0. The Bertz CT molecular complexity index is 927. The number of carboxylic acids is 1. The number of rotatable bonds is 8. The number of amides is 2. The first-order valence-corrected chi connectivity index (χ1v) is 11.1. The molecule has 4 rings (SSSR count). The van der Waals surface area contributed by atoms with E-state index in [4.69, 9.17) is 9.84 Å². The number of pyridine rings is 2. The Hall–Kier alpha value is -3.40. The summed E-state index contributed by atoms with van der Waals surface area (Å²) in [5.41, 5.74) is 1.79. The third-order valence-corrected chi connectivity index (χ3v) is 5.55. The monoisotopic (exact) mass is 457 g/mol. The van der Waals surface area contributed by atoms with Crippen LogP contribution in [0, 0.1) is 0 Å². The highest BCUT2D eigenvalue weighted by atomic mass is 16.5. The Morgan fingerprint density at radius 3 is 2.67 bits per heavy atom. The SMILES string of the molecule is COc1ccccn1.O=C(O)CCN1CCN(CCC(O)c2ccc3c(n2)NCCC3)C1=O. The second-order valence-corrected chi connectivity index (χ2v) is 7.85. The summed E-state index contributed by atoms with van der Waals surface area (Å²) < 4.78 is 4.80. The molecule has 10 heteroatoms. The molecule has 1 saturated heterocycles. The molecule has 1 fully saturated rings. The number of ether oxygens (including phenoxy) is 1. The number of aryl methyl sites for hydroxylation is 1. The number of methoxy groups -OCH3 is 1. The zero-order valence-corrected chi connectivity index (χ0v) is 18.8. The highest BCUT2D eigenvalue weighted by Crippen LogP contribution is 2.24. The van der Waals surface area contributed by atoms with Crippen molar-refractivity contribution in [3.8, 4) is 5.88 Å². The lowest BCUT2D eigenvalue weighted by Gasteiger charge is -2.21. The molecule has 1 atom stereocenters. The van der Waals surface area contributed by atoms with Gasteiger partial charge in [0.1, 0.15) is 5.82 Å². The zero-order chi connectivity index (χ0) is 23.6. The topological polar surface area (TPSA) is 128 Å². The number of hydrogen-bond donors (Lipinski definition) is 3. The summed E-state index contributed by atoms with van der Waals surface area (Å²) in [5, 5.41) is 22.4. The molecule has 0 aromatic carbocycles. The van der Waals surface area contributed by atoms with Crippen LogP contribution in [0.1, 0.15) is 36.6 Å². The predicted octanol–water partition coefficient (Wildman–Crippen LogP) is 2.17. The van der Waals surface area contributed by atoms with E-state index in [0.717, 1.165) is 25.2 Å². The van der Waals surface area contributed by atoms with Crippen LogP contribution in [-0.2, 0) is 11.2 Å². The fourth-order valence-corrected chi connectivity index (χ4v) is 3.70. The van der Waals surface area contributed by atoms with E-state index in [9.17, 15) is 14.7 Å². The lowest BCUT2D eigenvalue weighted by atomic mass is 10.1. The maximum atomic E-state index is 12.2. The number of aliphatic hydroxyl groups excluding tert-OH is 1. The molecule has 0 spiro atoms. The molecule has 1 unspecified atom stereocenters. The number of fused-ring (bicyclic) bond motifs is 1. The van der Waals surface area contributed by atoms with E-state index in [1.54, 1.807) is 29.2 Å². The Kier molecular flexibility index (Phi) is 8.82. The van der Waals surface area contributed by atoms with Gasteiger partial charge in [-0.3, -0.25) is 4.79 Å². The minimum absolute atomic E-state index is 0.0474. The summed E-state index contributed by atoms with van der Waals surface area (Å²) in [6, 6.07) is 9.23. The summed E-state index contributed by atoms with van der Waals surface area (Å²) in [5.74, 6) is 0.598. The van der Waals surface area contributed by atoms with Gasteiger partial charge in [-0.1, -0.05) is 12.1 Å². The van der Waals surface area contributed by atoms with Crippen molar-refractivity contribution in [1.29, 1.82) is 0 Å². The first kappa shape index (κ1) is 24.2. The Morgan fingerprint density at radius 1 is 1.21 bits per heavy atom. The standard InChI is InChI=1S/C17H24N4O4.C6H7NO/c22-14(13-4-3-12-2-1-7-18-16(12)19-13)5-8-20-10-11-21(17(20)25)9-6-15(23)24;1-8-6-4-2-3-5-7-6/h3-4,14,22H,1-2,5-11H2,(H,18,19)(H,23,24);2-5H,1H3. The van der Waals surface area contributed by atoms with Gasteiger partial charge in [0.25, 0.3) is 0 Å². The van der Waals surface area contributed by atoms with Crippen LogP contribution < -0.4 is 10.1 Å². The van der Waals surface area contributed by atoms with Crippen LogP contribution >= 0.6 is 0 Å². The van der Waals surface area contributed by atoms with Crippen LogP contribution in [0.25, 0.3) is 0 Å². The number of aromatic nitrogens is 2. The Labute approximate surface area is 193 Å². The molecule has 2 amide bonds. The van der Waals surface area contributed by atoms with Gasteiger partial charge in [-0.15, -0.1) is 0 Å². The van der Waals surface area contributed by atoms with E-state index in [2.05, 4.69) is 15.3 Å². The predicted molar refractivity (Wildman–Crippen MR) is 122 cm³/mol. The lowest BCUT2D eigenvalue weighted by molar-refractivity contribution is -0.137. The lowest BCUT2D eigenvalue weighted by Crippen LogP contribution is -2.34. The molecular formula is C23H31N5O5. The number of aliphatic hydroxyl groups is 1. The first-order chi connectivity index (χ1) is 16.0. The molecule has 3 N–H and O–H groups in total. The van der Waals surface area contributed by atoms with Gasteiger partial charge in [0.15, 0.2) is 0 Å². The molecule has 2 aromatic heterocycles. The highest BCUT2D eigenvalue weighted by molar-refractivity contribution is 5.77. The van der Waals surface area contributed by atoms with Crippen LogP contribution in [-0.4, -0.2) is 81.8 Å². The van der Waals surface area contributed by atoms with E-state index < -0.39 is 12.1 Å². The van der Waals surface area contributed by atoms with E-state index in [1.165, 1.54) is 5.56 Å². The van der Waals surface area contributed by atoms with Crippen molar-refractivity contribution in [3.63, 3.8) is 0 Å². The van der Waals surface area contributed by atoms with Gasteiger partial charge < -0.3 is 30.1 Å². The van der Waals surface area contributed by atoms with E-state index >= 15 is 0 Å². The second kappa shape index (κ2) is 12.0. The van der Waals surface area contributed by atoms with Crippen LogP contribution in [0.3, 0.4) is 0 Å². The average molecular weight is 458 g/mol. The molecular weight excluding hydrogens is 426 g/mol. The highest BCUT2D eigenvalue weighted by Gasteiger charge is 2.28. The number of nitrogens with zero attached hydrogens (tertiary/aromatic N) is 4. The smallest absolute Gasteiger partial charge is 0.320 e. The summed E-state index contributed by atoms with van der Waals surface area (Å²) in [4.78, 5) is 34.4. The largest absolute Gasteiger partial charge is 0.481 e. The van der Waals surface area contributed by atoms with Gasteiger partial charge in [0.2, 0.25) is 5.88 Å².